The molecule has 2 heterocycles. The van der Waals surface area contributed by atoms with Gasteiger partial charge in [-0.25, -0.2) is 0 Å². The number of carbonyl (C=O) groups is 1. The summed E-state index contributed by atoms with van der Waals surface area (Å²) in [7, 11) is 0. The molecule has 7 heteroatoms. The molecule has 0 atom stereocenters. The van der Waals surface area contributed by atoms with Crippen molar-refractivity contribution in [3.05, 3.63) is 27.4 Å². The molecule has 0 aromatic carbocycles. The van der Waals surface area contributed by atoms with E-state index in [9.17, 15) is 4.79 Å². The van der Waals surface area contributed by atoms with Gasteiger partial charge >= 0.3 is 0 Å². The first kappa shape index (κ1) is 10.2. The average Bonchev–Trinajstić information content (AvgIpc) is 2.87. The summed E-state index contributed by atoms with van der Waals surface area (Å²) in [6, 6.07) is 3.58. The summed E-state index contributed by atoms with van der Waals surface area (Å²) in [5.74, 6) is -0.162. The summed E-state index contributed by atoms with van der Waals surface area (Å²) in [6.45, 7) is 0.340. The van der Waals surface area contributed by atoms with Gasteiger partial charge in [-0.1, -0.05) is 17.4 Å². The van der Waals surface area contributed by atoms with E-state index in [-0.39, 0.29) is 5.91 Å². The van der Waals surface area contributed by atoms with E-state index in [4.69, 9.17) is 5.73 Å². The molecule has 15 heavy (non-hydrogen) atoms. The van der Waals surface area contributed by atoms with Crippen LogP contribution in [-0.2, 0) is 6.54 Å². The maximum absolute atomic E-state index is 11.6. The van der Waals surface area contributed by atoms with Crippen LogP contribution < -0.4 is 11.1 Å². The Bertz CT molecular complexity index is 451. The van der Waals surface area contributed by atoms with Crippen molar-refractivity contribution < 1.29 is 4.79 Å². The number of nitrogens with one attached hydrogen (secondary N) is 1. The predicted octanol–water partition coefficient (Wildman–Crippen LogP) is 1.31. The van der Waals surface area contributed by atoms with Crippen LogP contribution in [-0.4, -0.2) is 16.1 Å². The summed E-state index contributed by atoms with van der Waals surface area (Å²) >= 11 is 2.67. The first-order chi connectivity index (χ1) is 7.29. The third-order valence-corrected chi connectivity index (χ3v) is 3.34. The lowest BCUT2D eigenvalue weighted by atomic mass is 10.4. The smallest absolute Gasteiger partial charge is 0.267 e. The van der Waals surface area contributed by atoms with Crippen LogP contribution in [0.4, 0.5) is 5.13 Å². The molecule has 0 unspecified atom stereocenters. The first-order valence-electron chi connectivity index (χ1n) is 4.17. The van der Waals surface area contributed by atoms with Crippen molar-refractivity contribution in [2.24, 2.45) is 5.73 Å². The van der Waals surface area contributed by atoms with Crippen LogP contribution in [0.5, 0.6) is 0 Å². The predicted molar refractivity (Wildman–Crippen MR) is 60.1 cm³/mol. The van der Waals surface area contributed by atoms with E-state index in [1.807, 2.05) is 11.4 Å². The molecule has 2 aromatic heterocycles. The molecule has 0 fully saturated rings. The number of aromatic nitrogens is 2. The largest absolute Gasteiger partial charge is 0.324 e. The van der Waals surface area contributed by atoms with E-state index in [2.05, 4.69) is 15.5 Å². The molecule has 5 nitrogen and oxygen atoms in total. The minimum atomic E-state index is -0.162. The molecule has 0 spiro atoms. The molecule has 0 radical (unpaired) electrons. The number of carbonyl (C=O) groups excluding carboxylic acids is 1. The summed E-state index contributed by atoms with van der Waals surface area (Å²) < 4.78 is 0. The Balaban J connectivity index is 2.06. The molecular formula is C8H8N4OS2. The molecule has 1 amide bonds. The number of amides is 1. The zero-order chi connectivity index (χ0) is 10.7. The first-order valence-corrected chi connectivity index (χ1v) is 5.86. The highest BCUT2D eigenvalue weighted by Crippen LogP contribution is 2.17. The van der Waals surface area contributed by atoms with Crippen molar-refractivity contribution in [2.75, 3.05) is 5.32 Å². The third kappa shape index (κ3) is 2.38. The monoisotopic (exact) mass is 240 g/mol. The molecule has 2 rings (SSSR count). The van der Waals surface area contributed by atoms with Crippen LogP contribution in [0.3, 0.4) is 0 Å². The number of hydrogen-bond acceptors (Lipinski definition) is 6. The molecule has 78 valence electrons. The number of hydrogen-bond donors (Lipinski definition) is 2. The average molecular weight is 240 g/mol. The molecule has 0 bridgehead atoms. The Labute approximate surface area is 94.0 Å². The molecule has 0 saturated heterocycles. The standard InChI is InChI=1S/C8H8N4OS2/c9-4-6-11-12-8(15-6)10-7(13)5-2-1-3-14-5/h1-3H,4,9H2,(H,10,12,13). The van der Waals surface area contributed by atoms with Crippen LogP contribution in [0.15, 0.2) is 17.5 Å². The summed E-state index contributed by atoms with van der Waals surface area (Å²) in [5.41, 5.74) is 5.39. The highest BCUT2D eigenvalue weighted by molar-refractivity contribution is 7.15. The van der Waals surface area contributed by atoms with Crippen molar-refractivity contribution in [2.45, 2.75) is 6.54 Å². The van der Waals surface area contributed by atoms with Crippen molar-refractivity contribution in [3.63, 3.8) is 0 Å². The Morgan fingerprint density at radius 2 is 2.40 bits per heavy atom. The van der Waals surface area contributed by atoms with Gasteiger partial charge in [-0.15, -0.1) is 21.5 Å². The van der Waals surface area contributed by atoms with Gasteiger partial charge < -0.3 is 5.73 Å². The molecular weight excluding hydrogens is 232 g/mol. The van der Waals surface area contributed by atoms with E-state index in [1.165, 1.54) is 22.7 Å². The van der Waals surface area contributed by atoms with E-state index >= 15 is 0 Å². The van der Waals surface area contributed by atoms with Gasteiger partial charge in [-0.05, 0) is 11.4 Å². The van der Waals surface area contributed by atoms with Gasteiger partial charge in [-0.3, -0.25) is 10.1 Å². The maximum atomic E-state index is 11.6. The lowest BCUT2D eigenvalue weighted by Crippen LogP contribution is -2.09. The Morgan fingerprint density at radius 1 is 1.53 bits per heavy atom. The number of nitrogens with zero attached hydrogens (tertiary/aromatic N) is 2. The van der Waals surface area contributed by atoms with Gasteiger partial charge in [0, 0.05) is 6.54 Å². The number of anilines is 1. The normalized spacial score (nSPS) is 10.2. The Hall–Kier alpha value is -1.31. The Morgan fingerprint density at radius 3 is 3.00 bits per heavy atom. The SMILES string of the molecule is NCc1nnc(NC(=O)c2cccs2)s1. The zero-order valence-corrected chi connectivity index (χ0v) is 9.27. The van der Waals surface area contributed by atoms with E-state index in [1.54, 1.807) is 6.07 Å². The van der Waals surface area contributed by atoms with Gasteiger partial charge in [0.1, 0.15) is 5.01 Å². The number of nitrogens with two attached hydrogens (primary N) is 1. The lowest BCUT2D eigenvalue weighted by molar-refractivity contribution is 0.103. The number of rotatable bonds is 3. The fourth-order valence-electron chi connectivity index (χ4n) is 0.953. The minimum absolute atomic E-state index is 0.162. The third-order valence-electron chi connectivity index (χ3n) is 1.61. The number of thiophene rings is 1. The molecule has 2 aromatic rings. The summed E-state index contributed by atoms with van der Waals surface area (Å²) in [4.78, 5) is 12.2. The highest BCUT2D eigenvalue weighted by atomic mass is 32.1. The molecule has 0 saturated carbocycles. The van der Waals surface area contributed by atoms with Crippen molar-refractivity contribution in [1.29, 1.82) is 0 Å². The van der Waals surface area contributed by atoms with Crippen molar-refractivity contribution in [3.8, 4) is 0 Å². The van der Waals surface area contributed by atoms with Crippen LogP contribution in [0, 0.1) is 0 Å². The summed E-state index contributed by atoms with van der Waals surface area (Å²) in [6.07, 6.45) is 0. The second-order valence-electron chi connectivity index (χ2n) is 2.64. The molecule has 3 N–H and O–H groups in total. The van der Waals surface area contributed by atoms with Gasteiger partial charge in [0.15, 0.2) is 0 Å². The minimum Gasteiger partial charge on any atom is -0.324 e. The maximum Gasteiger partial charge on any atom is 0.267 e. The topological polar surface area (TPSA) is 80.9 Å². The fraction of sp³-hybridized carbons (Fsp3) is 0.125. The second-order valence-corrected chi connectivity index (χ2v) is 4.65. The van der Waals surface area contributed by atoms with Gasteiger partial charge in [0.05, 0.1) is 4.88 Å². The van der Waals surface area contributed by atoms with Crippen LogP contribution in [0.2, 0.25) is 0 Å². The van der Waals surface area contributed by atoms with Crippen LogP contribution in [0.25, 0.3) is 0 Å². The fourth-order valence-corrected chi connectivity index (χ4v) is 2.19. The van der Waals surface area contributed by atoms with Gasteiger partial charge in [0.2, 0.25) is 5.13 Å². The molecule has 0 aliphatic carbocycles. The van der Waals surface area contributed by atoms with Gasteiger partial charge in [0.25, 0.3) is 5.91 Å². The quantitative estimate of drug-likeness (QED) is 0.847. The van der Waals surface area contributed by atoms with Crippen molar-refractivity contribution in [1.82, 2.24) is 10.2 Å². The highest BCUT2D eigenvalue weighted by Gasteiger charge is 2.09. The molecule has 0 aliphatic heterocycles. The second kappa shape index (κ2) is 4.47. The van der Waals surface area contributed by atoms with Crippen LogP contribution in [0.1, 0.15) is 14.7 Å². The summed E-state index contributed by atoms with van der Waals surface area (Å²) in [5, 5.41) is 13.3. The van der Waals surface area contributed by atoms with Crippen LogP contribution >= 0.6 is 22.7 Å². The Kier molecular flexibility index (Phi) is 3.05. The van der Waals surface area contributed by atoms with E-state index < -0.39 is 0 Å². The zero-order valence-electron chi connectivity index (χ0n) is 7.64. The van der Waals surface area contributed by atoms with Crippen molar-refractivity contribution >= 4 is 33.7 Å². The lowest BCUT2D eigenvalue weighted by Gasteiger charge is -1.95. The van der Waals surface area contributed by atoms with Gasteiger partial charge in [-0.2, -0.15) is 0 Å². The molecule has 0 aliphatic rings. The van der Waals surface area contributed by atoms with E-state index in [0.29, 0.717) is 21.6 Å². The van der Waals surface area contributed by atoms with E-state index in [0.717, 1.165) is 0 Å².